The van der Waals surface area contributed by atoms with E-state index < -0.39 is 10.0 Å². The van der Waals surface area contributed by atoms with Crippen LogP contribution in [0.25, 0.3) is 0 Å². The summed E-state index contributed by atoms with van der Waals surface area (Å²) in [5.41, 5.74) is 0. The van der Waals surface area contributed by atoms with Gasteiger partial charge in [-0.3, -0.25) is 0 Å². The molecule has 1 aromatic heterocycles. The van der Waals surface area contributed by atoms with Gasteiger partial charge >= 0.3 is 0 Å². The largest absolute Gasteiger partial charge is 0.312 e. The first-order valence-electron chi connectivity index (χ1n) is 8.44. The molecule has 0 spiro atoms. The van der Waals surface area contributed by atoms with Gasteiger partial charge in [-0.2, -0.15) is 4.31 Å². The second-order valence-electron chi connectivity index (χ2n) is 6.44. The van der Waals surface area contributed by atoms with Crippen molar-refractivity contribution in [1.82, 2.24) is 24.4 Å². The Bertz CT molecular complexity index is 874. The van der Waals surface area contributed by atoms with E-state index >= 15 is 0 Å². The summed E-state index contributed by atoms with van der Waals surface area (Å²) in [6.45, 7) is 3.51. The van der Waals surface area contributed by atoms with Crippen LogP contribution >= 0.6 is 11.6 Å². The summed E-state index contributed by atoms with van der Waals surface area (Å²) in [5.74, 6) is 2.22. The normalized spacial score (nSPS) is 19.7. The van der Waals surface area contributed by atoms with Gasteiger partial charge in [-0.15, -0.1) is 10.2 Å². The van der Waals surface area contributed by atoms with Gasteiger partial charge in [-0.05, 0) is 31.0 Å². The standard InChI is InChI=1S/C16H20ClN5O2S/c17-13-2-1-3-14(10-13)25(23,24)21-7-4-12(5-8-21)16-20-19-15-11-18-6-9-22(15)16/h1-3,10,12,18H,4-9,11H2. The van der Waals surface area contributed by atoms with E-state index in [1.165, 1.54) is 6.07 Å². The molecule has 9 heteroatoms. The summed E-state index contributed by atoms with van der Waals surface area (Å²) in [6, 6.07) is 6.44. The summed E-state index contributed by atoms with van der Waals surface area (Å²) < 4.78 is 29.3. The number of hydrogen-bond donors (Lipinski definition) is 1. The van der Waals surface area contributed by atoms with Crippen molar-refractivity contribution in [3.8, 4) is 0 Å². The fourth-order valence-electron chi connectivity index (χ4n) is 3.55. The SMILES string of the molecule is O=S(=O)(c1cccc(Cl)c1)N1CCC(c2nnc3n2CCNC3)CC1. The van der Waals surface area contributed by atoms with Gasteiger partial charge in [0.25, 0.3) is 0 Å². The molecular weight excluding hydrogens is 362 g/mol. The molecule has 134 valence electrons. The molecule has 0 atom stereocenters. The molecule has 1 fully saturated rings. The van der Waals surface area contributed by atoms with Gasteiger partial charge in [0, 0.05) is 37.1 Å². The zero-order valence-electron chi connectivity index (χ0n) is 13.7. The van der Waals surface area contributed by atoms with Crippen LogP contribution in [-0.4, -0.2) is 47.1 Å². The van der Waals surface area contributed by atoms with Gasteiger partial charge in [0.1, 0.15) is 11.6 Å². The molecule has 0 saturated carbocycles. The van der Waals surface area contributed by atoms with E-state index in [1.54, 1.807) is 22.5 Å². The summed E-state index contributed by atoms with van der Waals surface area (Å²) in [4.78, 5) is 0.254. The Morgan fingerprint density at radius 1 is 1.16 bits per heavy atom. The first-order chi connectivity index (χ1) is 12.1. The number of piperidine rings is 1. The molecule has 4 rings (SSSR count). The molecule has 3 heterocycles. The van der Waals surface area contributed by atoms with Gasteiger partial charge in [-0.1, -0.05) is 17.7 Å². The maximum absolute atomic E-state index is 12.8. The topological polar surface area (TPSA) is 80.1 Å². The van der Waals surface area contributed by atoms with E-state index in [9.17, 15) is 8.42 Å². The number of fused-ring (bicyclic) bond motifs is 1. The molecule has 2 aliphatic rings. The van der Waals surface area contributed by atoms with Gasteiger partial charge in [0.2, 0.25) is 10.0 Å². The predicted octanol–water partition coefficient (Wildman–Crippen LogP) is 1.60. The first kappa shape index (κ1) is 17.0. The van der Waals surface area contributed by atoms with Crippen molar-refractivity contribution in [1.29, 1.82) is 0 Å². The molecule has 2 aromatic rings. The van der Waals surface area contributed by atoms with E-state index in [4.69, 9.17) is 11.6 Å². The van der Waals surface area contributed by atoms with E-state index in [1.807, 2.05) is 0 Å². The fraction of sp³-hybridized carbons (Fsp3) is 0.500. The van der Waals surface area contributed by atoms with E-state index in [0.717, 1.165) is 44.1 Å². The highest BCUT2D eigenvalue weighted by Crippen LogP contribution is 2.31. The second kappa shape index (κ2) is 6.68. The Morgan fingerprint density at radius 3 is 2.72 bits per heavy atom. The molecular formula is C16H20ClN5O2S. The Kier molecular flexibility index (Phi) is 4.53. The number of halogens is 1. The number of nitrogens with one attached hydrogen (secondary N) is 1. The Balaban J connectivity index is 1.49. The van der Waals surface area contributed by atoms with Crippen LogP contribution < -0.4 is 5.32 Å². The van der Waals surface area contributed by atoms with Gasteiger partial charge < -0.3 is 9.88 Å². The van der Waals surface area contributed by atoms with Crippen LogP contribution in [0.15, 0.2) is 29.2 Å². The maximum Gasteiger partial charge on any atom is 0.243 e. The summed E-state index contributed by atoms with van der Waals surface area (Å²) in [5, 5.41) is 12.3. The van der Waals surface area contributed by atoms with Crippen LogP contribution in [0.4, 0.5) is 0 Å². The number of benzene rings is 1. The Labute approximate surface area is 152 Å². The van der Waals surface area contributed by atoms with Crippen LogP contribution in [0.1, 0.15) is 30.4 Å². The third-order valence-electron chi connectivity index (χ3n) is 4.90. The zero-order valence-corrected chi connectivity index (χ0v) is 15.3. The highest BCUT2D eigenvalue weighted by Gasteiger charge is 2.32. The molecule has 0 radical (unpaired) electrons. The minimum atomic E-state index is -3.50. The molecule has 1 aromatic carbocycles. The lowest BCUT2D eigenvalue weighted by atomic mass is 9.97. The second-order valence-corrected chi connectivity index (χ2v) is 8.81. The monoisotopic (exact) mass is 381 g/mol. The molecule has 7 nitrogen and oxygen atoms in total. The number of nitrogens with zero attached hydrogens (tertiary/aromatic N) is 4. The molecule has 0 aliphatic carbocycles. The zero-order chi connectivity index (χ0) is 17.4. The average molecular weight is 382 g/mol. The molecule has 1 saturated heterocycles. The maximum atomic E-state index is 12.8. The molecule has 0 amide bonds. The van der Waals surface area contributed by atoms with Crippen LogP contribution in [0.2, 0.25) is 5.02 Å². The predicted molar refractivity (Wildman–Crippen MR) is 93.9 cm³/mol. The minimum Gasteiger partial charge on any atom is -0.312 e. The van der Waals surface area contributed by atoms with Crippen molar-refractivity contribution < 1.29 is 8.42 Å². The lowest BCUT2D eigenvalue weighted by molar-refractivity contribution is 0.307. The average Bonchev–Trinajstić information content (AvgIpc) is 3.06. The summed E-state index contributed by atoms with van der Waals surface area (Å²) in [6.07, 6.45) is 1.51. The molecule has 0 bridgehead atoms. The quantitative estimate of drug-likeness (QED) is 0.873. The van der Waals surface area contributed by atoms with Crippen LogP contribution in [-0.2, 0) is 23.1 Å². The van der Waals surface area contributed by atoms with Gasteiger partial charge in [-0.25, -0.2) is 8.42 Å². The number of aromatic nitrogens is 3. The van der Waals surface area contributed by atoms with Crippen molar-refractivity contribution in [3.63, 3.8) is 0 Å². The first-order valence-corrected chi connectivity index (χ1v) is 10.3. The van der Waals surface area contributed by atoms with E-state index in [0.29, 0.717) is 18.1 Å². The lowest BCUT2D eigenvalue weighted by Crippen LogP contribution is -2.38. The van der Waals surface area contributed by atoms with E-state index in [2.05, 4.69) is 20.1 Å². The van der Waals surface area contributed by atoms with Crippen molar-refractivity contribution in [2.75, 3.05) is 19.6 Å². The van der Waals surface area contributed by atoms with Crippen molar-refractivity contribution >= 4 is 21.6 Å². The minimum absolute atomic E-state index is 0.254. The third kappa shape index (κ3) is 3.19. The molecule has 2 aliphatic heterocycles. The van der Waals surface area contributed by atoms with Crippen LogP contribution in [0.5, 0.6) is 0 Å². The lowest BCUT2D eigenvalue weighted by Gasteiger charge is -2.31. The molecule has 1 N–H and O–H groups in total. The molecule has 25 heavy (non-hydrogen) atoms. The van der Waals surface area contributed by atoms with Crippen molar-refractivity contribution in [2.24, 2.45) is 0 Å². The van der Waals surface area contributed by atoms with Crippen molar-refractivity contribution in [3.05, 3.63) is 40.9 Å². The molecule has 0 unspecified atom stereocenters. The van der Waals surface area contributed by atoms with E-state index in [-0.39, 0.29) is 10.8 Å². The number of sulfonamides is 1. The highest BCUT2D eigenvalue weighted by atomic mass is 35.5. The fourth-order valence-corrected chi connectivity index (χ4v) is 5.32. The smallest absolute Gasteiger partial charge is 0.243 e. The highest BCUT2D eigenvalue weighted by molar-refractivity contribution is 7.89. The Hall–Kier alpha value is -1.48. The number of hydrogen-bond acceptors (Lipinski definition) is 5. The number of rotatable bonds is 3. The van der Waals surface area contributed by atoms with Crippen molar-refractivity contribution in [2.45, 2.75) is 36.7 Å². The third-order valence-corrected chi connectivity index (χ3v) is 7.03. The van der Waals surface area contributed by atoms with Crippen LogP contribution in [0, 0.1) is 0 Å². The summed E-state index contributed by atoms with van der Waals surface area (Å²) >= 11 is 5.94. The summed E-state index contributed by atoms with van der Waals surface area (Å²) in [7, 11) is -3.50. The van der Waals surface area contributed by atoms with Gasteiger partial charge in [0.05, 0.1) is 11.4 Å². The Morgan fingerprint density at radius 2 is 1.96 bits per heavy atom. The van der Waals surface area contributed by atoms with Crippen LogP contribution in [0.3, 0.4) is 0 Å². The van der Waals surface area contributed by atoms with Gasteiger partial charge in [0.15, 0.2) is 0 Å².